The highest BCUT2D eigenvalue weighted by atomic mass is 35.5. The lowest BCUT2D eigenvalue weighted by Gasteiger charge is -2.24. The van der Waals surface area contributed by atoms with Crippen molar-refractivity contribution in [3.05, 3.63) is 35.3 Å². The highest BCUT2D eigenvalue weighted by Gasteiger charge is 2.34. The van der Waals surface area contributed by atoms with Gasteiger partial charge < -0.3 is 14.2 Å². The van der Waals surface area contributed by atoms with Crippen molar-refractivity contribution in [2.75, 3.05) is 32.2 Å². The molecule has 1 aliphatic heterocycles. The van der Waals surface area contributed by atoms with Crippen LogP contribution in [0.25, 0.3) is 5.69 Å². The van der Waals surface area contributed by atoms with Crippen LogP contribution in [-0.2, 0) is 14.8 Å². The van der Waals surface area contributed by atoms with Gasteiger partial charge in [0.05, 0.1) is 26.1 Å². The summed E-state index contributed by atoms with van der Waals surface area (Å²) in [6, 6.07) is 5.29. The van der Waals surface area contributed by atoms with Crippen molar-refractivity contribution in [2.45, 2.75) is 44.8 Å². The van der Waals surface area contributed by atoms with Crippen molar-refractivity contribution in [2.24, 2.45) is 15.9 Å². The number of nitrogens with one attached hydrogen (secondary N) is 1. The molecule has 1 fully saturated rings. The van der Waals surface area contributed by atoms with Gasteiger partial charge >= 0.3 is 0 Å². The van der Waals surface area contributed by atoms with Crippen LogP contribution in [0.5, 0.6) is 11.5 Å². The minimum absolute atomic E-state index is 0.00368. The number of hydrogen-bond donors (Lipinski definition) is 1. The van der Waals surface area contributed by atoms with E-state index >= 15 is 0 Å². The Morgan fingerprint density at radius 1 is 1.30 bits per heavy atom. The molecule has 202 valence electrons. The maximum Gasteiger partial charge on any atom is 0.243 e. The molecule has 1 aromatic heterocycles. The standard InChI is InChI=1S/C24H33ClN6O5S/c1-15(25)13-27-22(26-4)16(2)17(3)37(32,33)30-24-29-28-23(18-9-8-12-36-14-18)31(24)21-19(34-5)10-7-11-20(21)35-6/h7,10-11,13,16-18H,4,8-9,12,14H2,1-3,5-6H3,(H,29,30)/b15-13+,27-22-/t16-,17-,18+/m0/s1. The molecule has 1 N–H and O–H groups in total. The van der Waals surface area contributed by atoms with Crippen molar-refractivity contribution < 1.29 is 22.6 Å². The number of benzene rings is 1. The van der Waals surface area contributed by atoms with E-state index in [1.807, 2.05) is 0 Å². The summed E-state index contributed by atoms with van der Waals surface area (Å²) in [5, 5.41) is 8.09. The molecule has 0 spiro atoms. The van der Waals surface area contributed by atoms with Crippen molar-refractivity contribution in [3.63, 3.8) is 0 Å². The minimum atomic E-state index is -4.00. The predicted octanol–water partition coefficient (Wildman–Crippen LogP) is 4.14. The molecule has 1 aromatic carbocycles. The molecule has 0 saturated carbocycles. The van der Waals surface area contributed by atoms with E-state index in [2.05, 4.69) is 31.6 Å². The number of allylic oxidation sites excluding steroid dienone is 1. The molecule has 13 heteroatoms. The van der Waals surface area contributed by atoms with Crippen LogP contribution in [0, 0.1) is 5.92 Å². The number of ether oxygens (including phenoxy) is 3. The fourth-order valence-corrected chi connectivity index (χ4v) is 5.28. The van der Waals surface area contributed by atoms with E-state index in [0.29, 0.717) is 41.3 Å². The van der Waals surface area contributed by atoms with Gasteiger partial charge in [-0.3, -0.25) is 9.29 Å². The quantitative estimate of drug-likeness (QED) is 0.346. The third-order valence-electron chi connectivity index (χ3n) is 6.21. The Hall–Kier alpha value is -2.96. The first-order valence-electron chi connectivity index (χ1n) is 11.8. The first-order chi connectivity index (χ1) is 17.6. The van der Waals surface area contributed by atoms with Gasteiger partial charge in [-0.05, 0) is 45.5 Å². The van der Waals surface area contributed by atoms with E-state index in [4.69, 9.17) is 25.8 Å². The summed E-state index contributed by atoms with van der Waals surface area (Å²) < 4.78 is 48.2. The highest BCUT2D eigenvalue weighted by Crippen LogP contribution is 2.38. The number of anilines is 1. The van der Waals surface area contributed by atoms with Crippen molar-refractivity contribution in [1.82, 2.24) is 14.8 Å². The Labute approximate surface area is 222 Å². The van der Waals surface area contributed by atoms with E-state index in [1.54, 1.807) is 43.5 Å². The molecule has 0 unspecified atom stereocenters. The molecule has 1 saturated heterocycles. The lowest BCUT2D eigenvalue weighted by Crippen LogP contribution is -2.35. The number of sulfonamides is 1. The monoisotopic (exact) mass is 552 g/mol. The number of para-hydroxylation sites is 1. The summed E-state index contributed by atoms with van der Waals surface area (Å²) in [5.41, 5.74) is 0.481. The number of rotatable bonds is 10. The Morgan fingerprint density at radius 2 is 1.97 bits per heavy atom. The molecular formula is C24H33ClN6O5S. The SMILES string of the molecule is C=N/C(=N\C=C(/C)Cl)[C@@H](C)[C@H](C)S(=O)(=O)Nc1nnc([C@@H]2CCCOC2)n1-c1c(OC)cccc1OC. The summed E-state index contributed by atoms with van der Waals surface area (Å²) in [4.78, 5) is 8.08. The van der Waals surface area contributed by atoms with Crippen LogP contribution in [0.2, 0.25) is 0 Å². The molecule has 3 rings (SSSR count). The molecule has 11 nitrogen and oxygen atoms in total. The number of aliphatic imine (C=N–C) groups is 2. The van der Waals surface area contributed by atoms with Crippen LogP contribution >= 0.6 is 11.6 Å². The summed E-state index contributed by atoms with van der Waals surface area (Å²) in [5.74, 6) is 1.01. The summed E-state index contributed by atoms with van der Waals surface area (Å²) >= 11 is 5.87. The van der Waals surface area contributed by atoms with E-state index in [0.717, 1.165) is 12.8 Å². The molecular weight excluding hydrogens is 520 g/mol. The second kappa shape index (κ2) is 12.5. The van der Waals surface area contributed by atoms with Gasteiger partial charge in [0.1, 0.15) is 28.8 Å². The van der Waals surface area contributed by atoms with E-state index in [9.17, 15) is 8.42 Å². The zero-order valence-electron chi connectivity index (χ0n) is 21.6. The summed E-state index contributed by atoms with van der Waals surface area (Å²) in [7, 11) is -0.947. The smallest absolute Gasteiger partial charge is 0.243 e. The van der Waals surface area contributed by atoms with Gasteiger partial charge in [-0.2, -0.15) is 0 Å². The van der Waals surface area contributed by atoms with Crippen molar-refractivity contribution in [3.8, 4) is 17.2 Å². The third-order valence-corrected chi connectivity index (χ3v) is 8.16. The average molecular weight is 553 g/mol. The van der Waals surface area contributed by atoms with Crippen LogP contribution in [0.3, 0.4) is 0 Å². The molecule has 2 heterocycles. The Kier molecular flexibility index (Phi) is 9.68. The Balaban J connectivity index is 2.09. The molecule has 1 aliphatic rings. The van der Waals surface area contributed by atoms with Gasteiger partial charge in [0.25, 0.3) is 0 Å². The zero-order chi connectivity index (χ0) is 27.2. The average Bonchev–Trinajstić information content (AvgIpc) is 3.30. The fraction of sp³-hybridized carbons (Fsp3) is 0.500. The van der Waals surface area contributed by atoms with E-state index in [-0.39, 0.29) is 17.7 Å². The largest absolute Gasteiger partial charge is 0.494 e. The first-order valence-corrected chi connectivity index (χ1v) is 13.7. The van der Waals surface area contributed by atoms with Gasteiger partial charge in [-0.15, -0.1) is 10.2 Å². The maximum atomic E-state index is 13.5. The van der Waals surface area contributed by atoms with Gasteiger partial charge in [0.15, 0.2) is 0 Å². The Morgan fingerprint density at radius 3 is 2.51 bits per heavy atom. The number of nitrogens with zero attached hydrogens (tertiary/aromatic N) is 5. The maximum absolute atomic E-state index is 13.5. The molecule has 37 heavy (non-hydrogen) atoms. The first kappa shape index (κ1) is 28.6. The molecule has 0 aliphatic carbocycles. The lowest BCUT2D eigenvalue weighted by molar-refractivity contribution is 0.0775. The Bertz CT molecular complexity index is 1240. The third kappa shape index (κ3) is 6.49. The zero-order valence-corrected chi connectivity index (χ0v) is 23.2. The van der Waals surface area contributed by atoms with Crippen molar-refractivity contribution in [1.29, 1.82) is 0 Å². The van der Waals surface area contributed by atoms with E-state index in [1.165, 1.54) is 20.4 Å². The van der Waals surface area contributed by atoms with Crippen LogP contribution < -0.4 is 14.2 Å². The number of hydrogen-bond acceptors (Lipinski definition) is 8. The van der Waals surface area contributed by atoms with Gasteiger partial charge in [-0.1, -0.05) is 24.6 Å². The molecule has 2 aromatic rings. The van der Waals surface area contributed by atoms with Crippen LogP contribution in [0.15, 0.2) is 39.4 Å². The number of methoxy groups -OCH3 is 2. The molecule has 0 bridgehead atoms. The number of aromatic nitrogens is 3. The van der Waals surface area contributed by atoms with Crippen LogP contribution in [0.4, 0.5) is 5.95 Å². The molecule has 0 amide bonds. The van der Waals surface area contributed by atoms with Crippen LogP contribution in [-0.4, -0.2) is 68.4 Å². The van der Waals surface area contributed by atoms with Gasteiger partial charge in [0.2, 0.25) is 16.0 Å². The topological polar surface area (TPSA) is 129 Å². The number of halogens is 1. The number of amidine groups is 1. The summed E-state index contributed by atoms with van der Waals surface area (Å²) in [6.45, 7) is 9.55. The van der Waals surface area contributed by atoms with Crippen molar-refractivity contribution >= 4 is 40.1 Å². The second-order valence-corrected chi connectivity index (χ2v) is 11.3. The van der Waals surface area contributed by atoms with Crippen LogP contribution in [0.1, 0.15) is 45.4 Å². The second-order valence-electron chi connectivity index (χ2n) is 8.64. The normalized spacial score (nSPS) is 18.7. The van der Waals surface area contributed by atoms with Gasteiger partial charge in [-0.25, -0.2) is 18.4 Å². The lowest BCUT2D eigenvalue weighted by atomic mass is 10.0. The van der Waals surface area contributed by atoms with Gasteiger partial charge in [0, 0.05) is 29.7 Å². The highest BCUT2D eigenvalue weighted by molar-refractivity contribution is 7.93. The fourth-order valence-electron chi connectivity index (χ4n) is 4.00. The van der Waals surface area contributed by atoms with E-state index < -0.39 is 21.2 Å². The summed E-state index contributed by atoms with van der Waals surface area (Å²) in [6.07, 6.45) is 3.06. The molecule has 3 atom stereocenters. The minimum Gasteiger partial charge on any atom is -0.494 e. The predicted molar refractivity (Wildman–Crippen MR) is 145 cm³/mol. The molecule has 0 radical (unpaired) electrons.